The molecule has 0 atom stereocenters. The molecule has 1 aromatic carbocycles. The summed E-state index contributed by atoms with van der Waals surface area (Å²) in [7, 11) is 0. The molecular weight excluding hydrogens is 294 g/mol. The van der Waals surface area contributed by atoms with Crippen molar-refractivity contribution in [2.24, 2.45) is 5.92 Å². The van der Waals surface area contributed by atoms with E-state index in [-0.39, 0.29) is 0 Å². The number of rotatable bonds is 4. The Labute approximate surface area is 137 Å². The summed E-state index contributed by atoms with van der Waals surface area (Å²) in [6.45, 7) is 7.75. The van der Waals surface area contributed by atoms with Gasteiger partial charge in [-0.15, -0.1) is 0 Å². The fraction of sp³-hybridized carbons (Fsp3) is 0.444. The van der Waals surface area contributed by atoms with Crippen molar-refractivity contribution in [3.8, 4) is 11.4 Å². The summed E-state index contributed by atoms with van der Waals surface area (Å²) >= 11 is 5.95. The lowest BCUT2D eigenvalue weighted by molar-refractivity contribution is 0.235. The first-order valence-corrected chi connectivity index (χ1v) is 8.32. The van der Waals surface area contributed by atoms with Crippen LogP contribution < -0.4 is 0 Å². The van der Waals surface area contributed by atoms with Gasteiger partial charge >= 0.3 is 0 Å². The molecule has 1 aliphatic heterocycles. The lowest BCUT2D eigenvalue weighted by atomic mass is 10.0. The molecule has 116 valence electrons. The van der Waals surface area contributed by atoms with Crippen LogP contribution in [0.5, 0.6) is 0 Å². The van der Waals surface area contributed by atoms with E-state index in [0.717, 1.165) is 48.4 Å². The zero-order valence-electron chi connectivity index (χ0n) is 13.2. The summed E-state index contributed by atoms with van der Waals surface area (Å²) < 4.78 is 0. The van der Waals surface area contributed by atoms with Crippen molar-refractivity contribution < 1.29 is 0 Å². The van der Waals surface area contributed by atoms with E-state index in [1.807, 2.05) is 30.5 Å². The maximum atomic E-state index is 5.95. The third kappa shape index (κ3) is 3.65. The summed E-state index contributed by atoms with van der Waals surface area (Å²) in [5, 5.41) is 0.738. The summed E-state index contributed by atoms with van der Waals surface area (Å²) in [4.78, 5) is 11.8. The lowest BCUT2D eigenvalue weighted by Crippen LogP contribution is -2.32. The predicted octanol–water partition coefficient (Wildman–Crippen LogP) is 4.20. The maximum Gasteiger partial charge on any atom is 0.159 e. The fourth-order valence-corrected chi connectivity index (χ4v) is 2.85. The van der Waals surface area contributed by atoms with E-state index in [9.17, 15) is 0 Å². The second kappa shape index (κ2) is 6.76. The molecule has 0 spiro atoms. The van der Waals surface area contributed by atoms with Gasteiger partial charge in [0.1, 0.15) is 0 Å². The van der Waals surface area contributed by atoms with Crippen LogP contribution in [-0.4, -0.2) is 28.0 Å². The van der Waals surface area contributed by atoms with Gasteiger partial charge in [0.05, 0.1) is 5.69 Å². The monoisotopic (exact) mass is 315 g/mol. The Kier molecular flexibility index (Phi) is 4.74. The van der Waals surface area contributed by atoms with Crippen LogP contribution in [0.25, 0.3) is 11.4 Å². The highest BCUT2D eigenvalue weighted by atomic mass is 35.5. The van der Waals surface area contributed by atoms with E-state index < -0.39 is 0 Å². The number of halogens is 1. The van der Waals surface area contributed by atoms with Gasteiger partial charge in [0, 0.05) is 29.9 Å². The molecule has 3 rings (SSSR count). The topological polar surface area (TPSA) is 29.0 Å². The molecule has 0 fully saturated rings. The van der Waals surface area contributed by atoms with Crippen molar-refractivity contribution in [2.45, 2.75) is 33.2 Å². The van der Waals surface area contributed by atoms with Gasteiger partial charge in [0.25, 0.3) is 0 Å². The highest BCUT2D eigenvalue weighted by Gasteiger charge is 2.18. The Morgan fingerprint density at radius 2 is 2.00 bits per heavy atom. The Morgan fingerprint density at radius 1 is 1.23 bits per heavy atom. The highest BCUT2D eigenvalue weighted by molar-refractivity contribution is 6.30. The second-order valence-electron chi connectivity index (χ2n) is 6.38. The zero-order chi connectivity index (χ0) is 15.5. The van der Waals surface area contributed by atoms with Gasteiger partial charge in [-0.2, -0.15) is 0 Å². The Bertz CT molecular complexity index is 637. The van der Waals surface area contributed by atoms with Crippen LogP contribution in [0.3, 0.4) is 0 Å². The molecule has 3 nitrogen and oxygen atoms in total. The molecule has 1 aromatic heterocycles. The van der Waals surface area contributed by atoms with Crippen molar-refractivity contribution in [3.63, 3.8) is 0 Å². The summed E-state index contributed by atoms with van der Waals surface area (Å²) in [5.74, 6) is 1.54. The van der Waals surface area contributed by atoms with Gasteiger partial charge in [-0.1, -0.05) is 25.4 Å². The SMILES string of the molecule is CC(C)CCN1CCc2cnc(-c3ccc(Cl)cc3)nc2C1. The van der Waals surface area contributed by atoms with E-state index in [1.54, 1.807) is 0 Å². The number of nitrogens with zero attached hydrogens (tertiary/aromatic N) is 3. The minimum atomic E-state index is 0.738. The minimum Gasteiger partial charge on any atom is -0.297 e. The van der Waals surface area contributed by atoms with E-state index in [1.165, 1.54) is 17.7 Å². The van der Waals surface area contributed by atoms with Crippen LogP contribution in [-0.2, 0) is 13.0 Å². The van der Waals surface area contributed by atoms with Crippen LogP contribution in [0.15, 0.2) is 30.5 Å². The first-order valence-electron chi connectivity index (χ1n) is 7.95. The molecule has 4 heteroatoms. The normalized spacial score (nSPS) is 15.1. The summed E-state index contributed by atoms with van der Waals surface area (Å²) in [6.07, 6.45) is 4.28. The van der Waals surface area contributed by atoms with Crippen molar-refractivity contribution in [3.05, 3.63) is 46.7 Å². The lowest BCUT2D eigenvalue weighted by Gasteiger charge is -2.28. The van der Waals surface area contributed by atoms with Gasteiger partial charge in [0.15, 0.2) is 5.82 Å². The first-order chi connectivity index (χ1) is 10.6. The van der Waals surface area contributed by atoms with Gasteiger partial charge in [0.2, 0.25) is 0 Å². The number of hydrogen-bond acceptors (Lipinski definition) is 3. The number of benzene rings is 1. The maximum absolute atomic E-state index is 5.95. The largest absolute Gasteiger partial charge is 0.297 e. The van der Waals surface area contributed by atoms with Crippen molar-refractivity contribution in [1.29, 1.82) is 0 Å². The number of hydrogen-bond donors (Lipinski definition) is 0. The highest BCUT2D eigenvalue weighted by Crippen LogP contribution is 2.22. The van der Waals surface area contributed by atoms with Gasteiger partial charge in [-0.05, 0) is 55.1 Å². The van der Waals surface area contributed by atoms with Crippen molar-refractivity contribution in [1.82, 2.24) is 14.9 Å². The van der Waals surface area contributed by atoms with Crippen LogP contribution >= 0.6 is 11.6 Å². The number of aromatic nitrogens is 2. The minimum absolute atomic E-state index is 0.738. The van der Waals surface area contributed by atoms with E-state index in [4.69, 9.17) is 16.6 Å². The Hall–Kier alpha value is -1.45. The molecule has 0 amide bonds. The second-order valence-corrected chi connectivity index (χ2v) is 6.82. The fourth-order valence-electron chi connectivity index (χ4n) is 2.73. The molecule has 2 heterocycles. The molecule has 1 aliphatic rings. The number of fused-ring (bicyclic) bond motifs is 1. The predicted molar refractivity (Wildman–Crippen MR) is 90.9 cm³/mol. The molecule has 0 N–H and O–H groups in total. The Balaban J connectivity index is 1.78. The molecule has 0 bridgehead atoms. The van der Waals surface area contributed by atoms with E-state index >= 15 is 0 Å². The van der Waals surface area contributed by atoms with Gasteiger partial charge in [-0.3, -0.25) is 4.90 Å². The first kappa shape index (κ1) is 15.4. The molecule has 0 unspecified atom stereocenters. The molecule has 2 aromatic rings. The smallest absolute Gasteiger partial charge is 0.159 e. The molecule has 0 saturated heterocycles. The molecular formula is C18H22ClN3. The average molecular weight is 316 g/mol. The average Bonchev–Trinajstić information content (AvgIpc) is 2.53. The van der Waals surface area contributed by atoms with Crippen LogP contribution in [0.4, 0.5) is 0 Å². The van der Waals surface area contributed by atoms with E-state index in [2.05, 4.69) is 23.7 Å². The summed E-state index contributed by atoms with van der Waals surface area (Å²) in [6, 6.07) is 7.72. The van der Waals surface area contributed by atoms with E-state index in [0.29, 0.717) is 0 Å². The molecule has 0 radical (unpaired) electrons. The van der Waals surface area contributed by atoms with Crippen LogP contribution in [0.2, 0.25) is 5.02 Å². The third-order valence-electron chi connectivity index (χ3n) is 4.15. The van der Waals surface area contributed by atoms with Crippen molar-refractivity contribution >= 4 is 11.6 Å². The van der Waals surface area contributed by atoms with Gasteiger partial charge in [-0.25, -0.2) is 9.97 Å². The van der Waals surface area contributed by atoms with Crippen LogP contribution in [0.1, 0.15) is 31.5 Å². The summed E-state index contributed by atoms with van der Waals surface area (Å²) in [5.41, 5.74) is 3.49. The zero-order valence-corrected chi connectivity index (χ0v) is 14.0. The van der Waals surface area contributed by atoms with Gasteiger partial charge < -0.3 is 0 Å². The quantitative estimate of drug-likeness (QED) is 0.846. The molecule has 0 aliphatic carbocycles. The van der Waals surface area contributed by atoms with Crippen LogP contribution in [0, 0.1) is 5.92 Å². The van der Waals surface area contributed by atoms with Crippen molar-refractivity contribution in [2.75, 3.05) is 13.1 Å². The third-order valence-corrected chi connectivity index (χ3v) is 4.40. The molecule has 22 heavy (non-hydrogen) atoms. The Morgan fingerprint density at radius 3 is 2.73 bits per heavy atom. The molecule has 0 saturated carbocycles. The standard InChI is InChI=1S/C18H22ClN3/c1-13(2)7-9-22-10-8-15-11-20-18(21-17(15)12-22)14-3-5-16(19)6-4-14/h3-6,11,13H,7-10,12H2,1-2H3.